The van der Waals surface area contributed by atoms with E-state index in [-0.39, 0.29) is 5.22 Å². The average Bonchev–Trinajstić information content (AvgIpc) is 3.06. The fourth-order valence-electron chi connectivity index (χ4n) is 2.11. The molecular weight excluding hydrogens is 292 g/mol. The molecule has 0 saturated carbocycles. The van der Waals surface area contributed by atoms with Gasteiger partial charge in [-0.1, -0.05) is 17.3 Å². The average molecular weight is 305 g/mol. The van der Waals surface area contributed by atoms with Gasteiger partial charge in [-0.15, -0.1) is 0 Å². The highest BCUT2D eigenvalue weighted by atomic mass is 35.5. The number of ether oxygens (including phenoxy) is 1. The SMILES string of the molecule is CCOc1ccc(-c2c(N)noc2-c2ccoc2Cl)cc1. The van der Waals surface area contributed by atoms with E-state index in [0.29, 0.717) is 29.3 Å². The molecule has 0 aliphatic heterocycles. The molecular formula is C15H13ClN2O3. The molecule has 3 aromatic rings. The Bertz CT molecular complexity index is 747. The summed E-state index contributed by atoms with van der Waals surface area (Å²) in [6.07, 6.45) is 1.48. The number of nitrogens with two attached hydrogens (primary N) is 1. The largest absolute Gasteiger partial charge is 0.494 e. The van der Waals surface area contributed by atoms with Gasteiger partial charge < -0.3 is 19.4 Å². The van der Waals surface area contributed by atoms with Crippen LogP contribution >= 0.6 is 11.6 Å². The second-order valence-corrected chi connectivity index (χ2v) is 4.68. The maximum absolute atomic E-state index is 5.99. The summed E-state index contributed by atoms with van der Waals surface area (Å²) in [7, 11) is 0. The number of benzene rings is 1. The van der Waals surface area contributed by atoms with Crippen LogP contribution in [0.25, 0.3) is 22.5 Å². The lowest BCUT2D eigenvalue weighted by Crippen LogP contribution is -1.92. The van der Waals surface area contributed by atoms with Crippen LogP contribution in [0.1, 0.15) is 6.92 Å². The first-order valence-electron chi connectivity index (χ1n) is 6.42. The Labute approximate surface area is 126 Å². The van der Waals surface area contributed by atoms with E-state index in [1.165, 1.54) is 6.26 Å². The first-order chi connectivity index (χ1) is 10.2. The van der Waals surface area contributed by atoms with Crippen LogP contribution in [0.15, 0.2) is 45.5 Å². The summed E-state index contributed by atoms with van der Waals surface area (Å²) >= 11 is 5.99. The van der Waals surface area contributed by atoms with Crippen LogP contribution in [0, 0.1) is 0 Å². The van der Waals surface area contributed by atoms with Gasteiger partial charge >= 0.3 is 0 Å². The van der Waals surface area contributed by atoms with Gasteiger partial charge in [-0.25, -0.2) is 0 Å². The molecule has 21 heavy (non-hydrogen) atoms. The van der Waals surface area contributed by atoms with Crippen molar-refractivity contribution < 1.29 is 13.7 Å². The smallest absolute Gasteiger partial charge is 0.204 e. The lowest BCUT2D eigenvalue weighted by Gasteiger charge is -2.05. The molecule has 108 valence electrons. The number of anilines is 1. The summed E-state index contributed by atoms with van der Waals surface area (Å²) in [5, 5.41) is 4.05. The normalized spacial score (nSPS) is 10.8. The molecule has 3 rings (SSSR count). The van der Waals surface area contributed by atoms with E-state index in [1.807, 2.05) is 31.2 Å². The first kappa shape index (κ1) is 13.6. The van der Waals surface area contributed by atoms with E-state index in [1.54, 1.807) is 6.07 Å². The molecule has 0 amide bonds. The van der Waals surface area contributed by atoms with E-state index in [4.69, 9.17) is 31.0 Å². The van der Waals surface area contributed by atoms with E-state index in [0.717, 1.165) is 11.3 Å². The number of aromatic nitrogens is 1. The van der Waals surface area contributed by atoms with Crippen molar-refractivity contribution in [1.29, 1.82) is 0 Å². The molecule has 2 N–H and O–H groups in total. The summed E-state index contributed by atoms with van der Waals surface area (Å²) in [6, 6.07) is 9.23. The Kier molecular flexibility index (Phi) is 3.58. The Morgan fingerprint density at radius 2 is 2.00 bits per heavy atom. The number of hydrogen-bond donors (Lipinski definition) is 1. The first-order valence-corrected chi connectivity index (χ1v) is 6.80. The molecule has 1 aromatic carbocycles. The second-order valence-electron chi connectivity index (χ2n) is 4.34. The number of furan rings is 1. The Hall–Kier alpha value is -2.40. The summed E-state index contributed by atoms with van der Waals surface area (Å²) < 4.78 is 15.8. The van der Waals surface area contributed by atoms with Crippen LogP contribution < -0.4 is 10.5 Å². The molecule has 0 radical (unpaired) electrons. The highest BCUT2D eigenvalue weighted by Crippen LogP contribution is 2.40. The van der Waals surface area contributed by atoms with E-state index >= 15 is 0 Å². The summed E-state index contributed by atoms with van der Waals surface area (Å²) in [4.78, 5) is 0. The number of hydrogen-bond acceptors (Lipinski definition) is 5. The molecule has 0 aliphatic rings. The van der Waals surface area contributed by atoms with Gasteiger partial charge in [-0.05, 0) is 42.3 Å². The van der Waals surface area contributed by atoms with Gasteiger partial charge in [0.2, 0.25) is 5.22 Å². The Morgan fingerprint density at radius 3 is 2.62 bits per heavy atom. The molecule has 0 atom stereocenters. The lowest BCUT2D eigenvalue weighted by atomic mass is 10.0. The molecule has 0 spiro atoms. The number of nitrogen functional groups attached to an aromatic ring is 1. The van der Waals surface area contributed by atoms with Crippen molar-refractivity contribution in [3.8, 4) is 28.2 Å². The standard InChI is InChI=1S/C15H13ClN2O3/c1-2-19-10-5-3-9(4-6-10)12-13(21-18-15(12)17)11-7-8-20-14(11)16/h3-8H,2H2,1H3,(H2,17,18). The van der Waals surface area contributed by atoms with Crippen molar-refractivity contribution in [2.75, 3.05) is 12.3 Å². The van der Waals surface area contributed by atoms with Gasteiger partial charge in [-0.3, -0.25) is 0 Å². The maximum Gasteiger partial charge on any atom is 0.204 e. The highest BCUT2D eigenvalue weighted by Gasteiger charge is 2.21. The number of rotatable bonds is 4. The molecule has 0 aliphatic carbocycles. The minimum absolute atomic E-state index is 0.235. The molecule has 2 heterocycles. The zero-order valence-electron chi connectivity index (χ0n) is 11.3. The van der Waals surface area contributed by atoms with Gasteiger partial charge in [0.05, 0.1) is 24.0 Å². The Morgan fingerprint density at radius 1 is 1.24 bits per heavy atom. The zero-order chi connectivity index (χ0) is 14.8. The fourth-order valence-corrected chi connectivity index (χ4v) is 2.31. The summed E-state index contributed by atoms with van der Waals surface area (Å²) in [5.41, 5.74) is 8.08. The van der Waals surface area contributed by atoms with Crippen LogP contribution in [0.4, 0.5) is 5.82 Å². The topological polar surface area (TPSA) is 74.4 Å². The van der Waals surface area contributed by atoms with Crippen molar-refractivity contribution in [2.24, 2.45) is 0 Å². The predicted molar refractivity (Wildman–Crippen MR) is 80.2 cm³/mol. The fraction of sp³-hybridized carbons (Fsp3) is 0.133. The minimum Gasteiger partial charge on any atom is -0.494 e. The predicted octanol–water partition coefficient (Wildman–Crippen LogP) is 4.24. The third-order valence-corrected chi connectivity index (χ3v) is 3.33. The summed E-state index contributed by atoms with van der Waals surface area (Å²) in [5.74, 6) is 1.57. The van der Waals surface area contributed by atoms with Crippen molar-refractivity contribution in [3.63, 3.8) is 0 Å². The van der Waals surface area contributed by atoms with Crippen LogP contribution in [0.3, 0.4) is 0 Å². The maximum atomic E-state index is 5.99. The molecule has 0 unspecified atom stereocenters. The van der Waals surface area contributed by atoms with Crippen LogP contribution in [0.5, 0.6) is 5.75 Å². The quantitative estimate of drug-likeness (QED) is 0.780. The molecule has 2 aromatic heterocycles. The van der Waals surface area contributed by atoms with E-state index in [9.17, 15) is 0 Å². The third kappa shape index (κ3) is 2.48. The van der Waals surface area contributed by atoms with E-state index < -0.39 is 0 Å². The second kappa shape index (κ2) is 5.54. The van der Waals surface area contributed by atoms with Crippen LogP contribution in [-0.2, 0) is 0 Å². The molecule has 0 fully saturated rings. The van der Waals surface area contributed by atoms with Crippen molar-refractivity contribution in [3.05, 3.63) is 41.8 Å². The van der Waals surface area contributed by atoms with E-state index in [2.05, 4.69) is 5.16 Å². The van der Waals surface area contributed by atoms with Gasteiger partial charge in [-0.2, -0.15) is 0 Å². The van der Waals surface area contributed by atoms with Crippen LogP contribution in [0.2, 0.25) is 5.22 Å². The summed E-state index contributed by atoms with van der Waals surface area (Å²) in [6.45, 7) is 2.55. The number of halogens is 1. The van der Waals surface area contributed by atoms with Gasteiger partial charge in [0.25, 0.3) is 0 Å². The molecule has 5 nitrogen and oxygen atoms in total. The molecule has 6 heteroatoms. The highest BCUT2D eigenvalue weighted by molar-refractivity contribution is 6.31. The lowest BCUT2D eigenvalue weighted by molar-refractivity contribution is 0.340. The zero-order valence-corrected chi connectivity index (χ0v) is 12.1. The van der Waals surface area contributed by atoms with Crippen molar-refractivity contribution in [1.82, 2.24) is 5.16 Å². The minimum atomic E-state index is 0.235. The monoisotopic (exact) mass is 304 g/mol. The van der Waals surface area contributed by atoms with Gasteiger partial charge in [0.15, 0.2) is 11.6 Å². The number of nitrogens with zero attached hydrogens (tertiary/aromatic N) is 1. The van der Waals surface area contributed by atoms with Gasteiger partial charge in [0.1, 0.15) is 5.75 Å². The van der Waals surface area contributed by atoms with Crippen molar-refractivity contribution in [2.45, 2.75) is 6.92 Å². The van der Waals surface area contributed by atoms with Crippen molar-refractivity contribution >= 4 is 17.4 Å². The molecule has 0 bridgehead atoms. The van der Waals surface area contributed by atoms with Crippen LogP contribution in [-0.4, -0.2) is 11.8 Å². The molecule has 0 saturated heterocycles. The van der Waals surface area contributed by atoms with Gasteiger partial charge in [0, 0.05) is 0 Å². The third-order valence-electron chi connectivity index (χ3n) is 3.04. The Balaban J connectivity index is 2.06.